The van der Waals surface area contributed by atoms with Gasteiger partial charge in [0.2, 0.25) is 5.95 Å². The van der Waals surface area contributed by atoms with Gasteiger partial charge in [0.1, 0.15) is 0 Å². The molecular formula is C31H34F6N4. The summed E-state index contributed by atoms with van der Waals surface area (Å²) in [5.74, 6) is 0.847. The van der Waals surface area contributed by atoms with Crippen LogP contribution in [0.4, 0.5) is 38.0 Å². The first-order chi connectivity index (χ1) is 19.5. The van der Waals surface area contributed by atoms with Crippen molar-refractivity contribution in [1.29, 1.82) is 0 Å². The molecule has 10 heteroatoms. The van der Waals surface area contributed by atoms with Crippen LogP contribution in [0, 0.1) is 5.92 Å². The van der Waals surface area contributed by atoms with Gasteiger partial charge in [-0.05, 0) is 97.5 Å². The van der Waals surface area contributed by atoms with Crippen molar-refractivity contribution in [3.8, 4) is 0 Å². The van der Waals surface area contributed by atoms with Gasteiger partial charge in [-0.3, -0.25) is 0 Å². The summed E-state index contributed by atoms with van der Waals surface area (Å²) in [4.78, 5) is 12.7. The second-order valence-corrected chi connectivity index (χ2v) is 11.1. The van der Waals surface area contributed by atoms with Crippen molar-refractivity contribution in [3.63, 3.8) is 0 Å². The van der Waals surface area contributed by atoms with E-state index in [0.29, 0.717) is 5.92 Å². The highest BCUT2D eigenvalue weighted by molar-refractivity contribution is 5.60. The van der Waals surface area contributed by atoms with Crippen molar-refractivity contribution in [2.24, 2.45) is 5.92 Å². The van der Waals surface area contributed by atoms with Gasteiger partial charge in [-0.1, -0.05) is 18.9 Å². The average Bonchev–Trinajstić information content (AvgIpc) is 3.62. The highest BCUT2D eigenvalue weighted by Gasteiger charge is 2.37. The first-order valence-corrected chi connectivity index (χ1v) is 14.2. The summed E-state index contributed by atoms with van der Waals surface area (Å²) >= 11 is 0. The van der Waals surface area contributed by atoms with E-state index in [4.69, 9.17) is 0 Å². The molecule has 0 bridgehead atoms. The van der Waals surface area contributed by atoms with Crippen molar-refractivity contribution in [3.05, 3.63) is 82.2 Å². The van der Waals surface area contributed by atoms with Gasteiger partial charge >= 0.3 is 12.4 Å². The van der Waals surface area contributed by atoms with Gasteiger partial charge in [0.25, 0.3) is 0 Å². The quantitative estimate of drug-likeness (QED) is 0.240. The third-order valence-electron chi connectivity index (χ3n) is 8.19. The molecule has 0 N–H and O–H groups in total. The molecule has 1 aromatic heterocycles. The van der Waals surface area contributed by atoms with E-state index in [-0.39, 0.29) is 30.7 Å². The summed E-state index contributed by atoms with van der Waals surface area (Å²) < 4.78 is 81.6. The van der Waals surface area contributed by atoms with Crippen LogP contribution in [-0.2, 0) is 38.3 Å². The fourth-order valence-corrected chi connectivity index (χ4v) is 6.17. The smallest absolute Gasteiger partial charge is 0.371 e. The molecule has 0 aliphatic heterocycles. The largest absolute Gasteiger partial charge is 0.416 e. The Kier molecular flexibility index (Phi) is 8.47. The lowest BCUT2D eigenvalue weighted by molar-refractivity contribution is -0.143. The molecule has 2 aliphatic rings. The van der Waals surface area contributed by atoms with Crippen molar-refractivity contribution in [2.45, 2.75) is 77.3 Å². The van der Waals surface area contributed by atoms with Crippen molar-refractivity contribution < 1.29 is 26.3 Å². The molecule has 0 atom stereocenters. The fourth-order valence-electron chi connectivity index (χ4n) is 6.17. The molecule has 4 nitrogen and oxygen atoms in total. The number of hydrogen-bond donors (Lipinski definition) is 0. The predicted molar refractivity (Wildman–Crippen MR) is 147 cm³/mol. The summed E-state index contributed by atoms with van der Waals surface area (Å²) in [5.41, 5.74) is 1.82. The van der Waals surface area contributed by atoms with Gasteiger partial charge in [-0.2, -0.15) is 26.3 Å². The van der Waals surface area contributed by atoms with Crippen LogP contribution in [0.15, 0.2) is 48.8 Å². The Morgan fingerprint density at radius 1 is 0.756 bits per heavy atom. The number of alkyl halides is 6. The first kappa shape index (κ1) is 29.2. The van der Waals surface area contributed by atoms with Gasteiger partial charge in [0.15, 0.2) is 0 Å². The number of hydrogen-bond acceptors (Lipinski definition) is 4. The molecule has 0 unspecified atom stereocenters. The highest BCUT2D eigenvalue weighted by atomic mass is 19.4. The zero-order valence-corrected chi connectivity index (χ0v) is 23.0. The third kappa shape index (κ3) is 6.96. The standard InChI is InChI=1S/C31H34F6N4/c1-2-40(18-21-7-3-4-8-21)28-16-24-10-5-9-23(24)15-25(28)20-41(29-38-11-6-12-39-29)19-22-13-26(30(32,33)34)17-27(14-22)31(35,36)37/h6,11-17,21H,2-5,7-10,18-20H2,1H3. The van der Waals surface area contributed by atoms with E-state index < -0.39 is 23.5 Å². The van der Waals surface area contributed by atoms with E-state index in [9.17, 15) is 26.3 Å². The van der Waals surface area contributed by atoms with Crippen LogP contribution >= 0.6 is 0 Å². The molecule has 0 spiro atoms. The summed E-state index contributed by atoms with van der Waals surface area (Å²) in [7, 11) is 0. The third-order valence-corrected chi connectivity index (χ3v) is 8.19. The zero-order valence-electron chi connectivity index (χ0n) is 23.0. The molecule has 1 fully saturated rings. The Hall–Kier alpha value is -3.30. The molecule has 5 rings (SSSR count). The van der Waals surface area contributed by atoms with E-state index in [1.54, 1.807) is 11.0 Å². The predicted octanol–water partition coefficient (Wildman–Crippen LogP) is 8.23. The van der Waals surface area contributed by atoms with E-state index in [2.05, 4.69) is 33.9 Å². The summed E-state index contributed by atoms with van der Waals surface area (Å²) in [6.45, 7) is 3.86. The molecule has 2 aliphatic carbocycles. The maximum absolute atomic E-state index is 13.6. The van der Waals surface area contributed by atoms with Gasteiger partial charge < -0.3 is 9.80 Å². The lowest BCUT2D eigenvalue weighted by atomic mass is 10.0. The Labute approximate surface area is 236 Å². The SMILES string of the molecule is CCN(CC1CCCC1)c1cc2c(cc1CN(Cc1cc(C(F)(F)F)cc(C(F)(F)F)c1)c1ncccn1)CCC2. The lowest BCUT2D eigenvalue weighted by Gasteiger charge is -2.31. The topological polar surface area (TPSA) is 32.3 Å². The highest BCUT2D eigenvalue weighted by Crippen LogP contribution is 2.38. The van der Waals surface area contributed by atoms with Crippen LogP contribution in [0.5, 0.6) is 0 Å². The van der Waals surface area contributed by atoms with Crippen molar-refractivity contribution in [2.75, 3.05) is 22.9 Å². The summed E-state index contributed by atoms with van der Waals surface area (Å²) in [5, 5.41) is 0. The van der Waals surface area contributed by atoms with Crippen LogP contribution in [0.2, 0.25) is 0 Å². The van der Waals surface area contributed by atoms with E-state index in [0.717, 1.165) is 55.7 Å². The Morgan fingerprint density at radius 2 is 1.37 bits per heavy atom. The van der Waals surface area contributed by atoms with E-state index >= 15 is 0 Å². The minimum atomic E-state index is -4.92. The molecule has 41 heavy (non-hydrogen) atoms. The number of halogens is 6. The molecular weight excluding hydrogens is 542 g/mol. The van der Waals surface area contributed by atoms with Gasteiger partial charge in [0, 0.05) is 44.3 Å². The number of aryl methyl sites for hydroxylation is 2. The molecule has 3 aromatic rings. The normalized spacial score (nSPS) is 15.8. The lowest BCUT2D eigenvalue weighted by Crippen LogP contribution is -2.31. The number of fused-ring (bicyclic) bond motifs is 1. The molecule has 0 amide bonds. The second-order valence-electron chi connectivity index (χ2n) is 11.1. The molecule has 220 valence electrons. The number of nitrogens with zero attached hydrogens (tertiary/aromatic N) is 4. The monoisotopic (exact) mass is 576 g/mol. The first-order valence-electron chi connectivity index (χ1n) is 14.2. The fraction of sp³-hybridized carbons (Fsp3) is 0.484. The minimum absolute atomic E-state index is 0.111. The molecule has 1 heterocycles. The zero-order chi connectivity index (χ0) is 29.2. The van der Waals surface area contributed by atoms with E-state index in [1.807, 2.05) is 0 Å². The maximum Gasteiger partial charge on any atom is 0.416 e. The number of rotatable bonds is 9. The summed E-state index contributed by atoms with van der Waals surface area (Å²) in [6.07, 6.45) is 1.05. The van der Waals surface area contributed by atoms with E-state index in [1.165, 1.54) is 49.2 Å². The van der Waals surface area contributed by atoms with Crippen LogP contribution in [0.25, 0.3) is 0 Å². The molecule has 0 saturated heterocycles. The van der Waals surface area contributed by atoms with Crippen molar-refractivity contribution in [1.82, 2.24) is 9.97 Å². The van der Waals surface area contributed by atoms with Crippen LogP contribution in [0.1, 0.15) is 72.4 Å². The molecule has 2 aromatic carbocycles. The molecule has 1 saturated carbocycles. The van der Waals surface area contributed by atoms with Crippen LogP contribution in [0.3, 0.4) is 0 Å². The minimum Gasteiger partial charge on any atom is -0.371 e. The molecule has 0 radical (unpaired) electrons. The Balaban J connectivity index is 1.54. The number of aromatic nitrogens is 2. The van der Waals surface area contributed by atoms with Gasteiger partial charge in [0.05, 0.1) is 11.1 Å². The van der Waals surface area contributed by atoms with Crippen molar-refractivity contribution >= 4 is 11.6 Å². The van der Waals surface area contributed by atoms with Gasteiger partial charge in [-0.15, -0.1) is 0 Å². The maximum atomic E-state index is 13.6. The van der Waals surface area contributed by atoms with Crippen LogP contribution < -0.4 is 9.80 Å². The summed E-state index contributed by atoms with van der Waals surface area (Å²) in [6, 6.07) is 7.76. The average molecular weight is 577 g/mol. The Morgan fingerprint density at radius 3 is 1.95 bits per heavy atom. The Bertz CT molecular complexity index is 1300. The van der Waals surface area contributed by atoms with Crippen LogP contribution in [-0.4, -0.2) is 23.1 Å². The second kappa shape index (κ2) is 11.9. The number of benzene rings is 2. The van der Waals surface area contributed by atoms with Gasteiger partial charge in [-0.25, -0.2) is 9.97 Å². The number of anilines is 2.